The van der Waals surface area contributed by atoms with Gasteiger partial charge in [0, 0.05) is 11.3 Å². The van der Waals surface area contributed by atoms with Gasteiger partial charge in [-0.3, -0.25) is 9.59 Å². The van der Waals surface area contributed by atoms with E-state index in [9.17, 15) is 14.7 Å². The van der Waals surface area contributed by atoms with Crippen LogP contribution in [-0.4, -0.2) is 41.5 Å². The third-order valence-electron chi connectivity index (χ3n) is 3.18. The van der Waals surface area contributed by atoms with E-state index < -0.39 is 29.5 Å². The number of hydrogen-bond donors (Lipinski definition) is 5. The minimum atomic E-state index is -0.844. The van der Waals surface area contributed by atoms with Crippen LogP contribution in [0.5, 0.6) is 5.88 Å². The molecule has 0 unspecified atom stereocenters. The van der Waals surface area contributed by atoms with Crippen LogP contribution in [0.2, 0.25) is 0 Å². The predicted molar refractivity (Wildman–Crippen MR) is 82.2 cm³/mol. The predicted octanol–water partition coefficient (Wildman–Crippen LogP) is 0.00520. The fourth-order valence-corrected chi connectivity index (χ4v) is 2.04. The molecule has 0 atom stereocenters. The molecule has 0 aliphatic heterocycles. The summed E-state index contributed by atoms with van der Waals surface area (Å²) in [6.07, 6.45) is 1.56. The maximum absolute atomic E-state index is 12.1. The number of H-pyrrole nitrogens is 2. The summed E-state index contributed by atoms with van der Waals surface area (Å²) in [5.74, 6) is -1.70. The Morgan fingerprint density at radius 1 is 1.25 bits per heavy atom. The quantitative estimate of drug-likeness (QED) is 0.451. The van der Waals surface area contributed by atoms with Crippen LogP contribution < -0.4 is 10.9 Å². The fraction of sp³-hybridized carbons (Fsp3) is 0.0714. The van der Waals surface area contributed by atoms with Crippen molar-refractivity contribution in [1.29, 1.82) is 0 Å². The molecule has 1 amide bonds. The molecule has 10 nitrogen and oxygen atoms in total. The first-order valence-electron chi connectivity index (χ1n) is 6.79. The Kier molecular flexibility index (Phi) is 4.03. The van der Waals surface area contributed by atoms with Crippen LogP contribution in [0.25, 0.3) is 11.3 Å². The normalized spacial score (nSPS) is 10.5. The van der Waals surface area contributed by atoms with Gasteiger partial charge in [0.1, 0.15) is 18.1 Å². The Morgan fingerprint density at radius 3 is 2.58 bits per heavy atom. The molecule has 24 heavy (non-hydrogen) atoms. The fourth-order valence-electron chi connectivity index (χ4n) is 2.04. The number of nitrogens with one attached hydrogen (secondary N) is 3. The molecular formula is C14H12N6O4. The minimum absolute atomic E-state index is 0.133. The van der Waals surface area contributed by atoms with E-state index >= 15 is 0 Å². The molecular weight excluding hydrogens is 316 g/mol. The van der Waals surface area contributed by atoms with Crippen molar-refractivity contribution < 1.29 is 15.0 Å². The molecule has 5 N–H and O–H groups in total. The van der Waals surface area contributed by atoms with E-state index in [1.165, 1.54) is 0 Å². The number of aromatic amines is 2. The number of carbonyl (C=O) groups excluding carboxylic acids is 1. The number of aromatic nitrogens is 5. The molecule has 0 aliphatic carbocycles. The number of aliphatic hydroxyl groups is 1. The highest BCUT2D eigenvalue weighted by atomic mass is 16.3. The number of benzene rings is 1. The summed E-state index contributed by atoms with van der Waals surface area (Å²) in [5, 5.41) is 31.2. The standard InChI is InChI=1S/C14H12N6O4/c21-6-10-17-13(23)11(14(24)18-10)12(22)16-8-3-1-7(2-4-8)9-5-15-20-19-9/h1-5,21H,6H2,(H,16,22)(H,15,19,20)(H2,17,18,23,24). The van der Waals surface area contributed by atoms with E-state index in [1.807, 2.05) is 0 Å². The van der Waals surface area contributed by atoms with Crippen molar-refractivity contribution in [3.63, 3.8) is 0 Å². The average Bonchev–Trinajstić information content (AvgIpc) is 3.09. The molecule has 0 spiro atoms. The van der Waals surface area contributed by atoms with Crippen LogP contribution in [0.15, 0.2) is 35.3 Å². The molecule has 0 saturated carbocycles. The number of aromatic hydroxyl groups is 1. The van der Waals surface area contributed by atoms with E-state index in [0.717, 1.165) is 5.56 Å². The van der Waals surface area contributed by atoms with Gasteiger partial charge in [0.05, 0.1) is 6.20 Å². The maximum atomic E-state index is 12.1. The summed E-state index contributed by atoms with van der Waals surface area (Å²) in [6, 6.07) is 6.65. The van der Waals surface area contributed by atoms with E-state index in [1.54, 1.807) is 30.5 Å². The molecule has 3 aromatic rings. The van der Waals surface area contributed by atoms with E-state index in [0.29, 0.717) is 11.4 Å². The lowest BCUT2D eigenvalue weighted by Gasteiger charge is -2.07. The Morgan fingerprint density at radius 2 is 2.00 bits per heavy atom. The van der Waals surface area contributed by atoms with Gasteiger partial charge < -0.3 is 20.5 Å². The highest BCUT2D eigenvalue weighted by Gasteiger charge is 2.18. The summed E-state index contributed by atoms with van der Waals surface area (Å²) >= 11 is 0. The lowest BCUT2D eigenvalue weighted by Crippen LogP contribution is -2.25. The topological polar surface area (TPSA) is 157 Å². The number of anilines is 1. The van der Waals surface area contributed by atoms with Crippen LogP contribution >= 0.6 is 0 Å². The Labute approximate surface area is 134 Å². The molecule has 10 heteroatoms. The van der Waals surface area contributed by atoms with Gasteiger partial charge in [0.25, 0.3) is 11.5 Å². The van der Waals surface area contributed by atoms with E-state index in [-0.39, 0.29) is 5.82 Å². The number of amides is 1. The van der Waals surface area contributed by atoms with Gasteiger partial charge in [-0.1, -0.05) is 12.1 Å². The van der Waals surface area contributed by atoms with Crippen LogP contribution in [-0.2, 0) is 6.61 Å². The first-order chi connectivity index (χ1) is 11.6. The molecule has 0 aliphatic rings. The molecule has 1 aromatic carbocycles. The van der Waals surface area contributed by atoms with E-state index in [2.05, 4.69) is 30.7 Å². The molecule has 0 fully saturated rings. The second-order valence-electron chi connectivity index (χ2n) is 4.76. The van der Waals surface area contributed by atoms with Crippen molar-refractivity contribution in [3.8, 4) is 17.1 Å². The Hall–Kier alpha value is -3.53. The first-order valence-corrected chi connectivity index (χ1v) is 6.79. The van der Waals surface area contributed by atoms with Gasteiger partial charge in [-0.05, 0) is 12.1 Å². The van der Waals surface area contributed by atoms with Crippen LogP contribution in [0.3, 0.4) is 0 Å². The summed E-state index contributed by atoms with van der Waals surface area (Å²) in [6.45, 7) is -0.561. The van der Waals surface area contributed by atoms with E-state index in [4.69, 9.17) is 5.11 Å². The van der Waals surface area contributed by atoms with Crippen LogP contribution in [0.4, 0.5) is 5.69 Å². The Bertz CT molecular complexity index is 917. The number of nitrogens with zero attached hydrogens (tertiary/aromatic N) is 3. The zero-order valence-corrected chi connectivity index (χ0v) is 12.1. The second-order valence-corrected chi connectivity index (χ2v) is 4.76. The van der Waals surface area contributed by atoms with Crippen molar-refractivity contribution in [2.24, 2.45) is 0 Å². The number of rotatable bonds is 4. The molecule has 3 rings (SSSR count). The van der Waals surface area contributed by atoms with Gasteiger partial charge >= 0.3 is 0 Å². The van der Waals surface area contributed by atoms with Gasteiger partial charge in [-0.15, -0.1) is 0 Å². The van der Waals surface area contributed by atoms with Gasteiger partial charge in [-0.2, -0.15) is 20.4 Å². The highest BCUT2D eigenvalue weighted by molar-refractivity contribution is 6.05. The Balaban J connectivity index is 1.81. The van der Waals surface area contributed by atoms with Crippen LogP contribution in [0, 0.1) is 0 Å². The number of carbonyl (C=O) groups is 1. The van der Waals surface area contributed by atoms with Gasteiger partial charge in [-0.25, -0.2) is 0 Å². The first kappa shape index (κ1) is 15.4. The van der Waals surface area contributed by atoms with Crippen molar-refractivity contribution in [2.45, 2.75) is 6.61 Å². The largest absolute Gasteiger partial charge is 0.493 e. The molecule has 2 heterocycles. The lowest BCUT2D eigenvalue weighted by atomic mass is 10.1. The third-order valence-corrected chi connectivity index (χ3v) is 3.18. The van der Waals surface area contributed by atoms with Gasteiger partial charge in [0.15, 0.2) is 5.56 Å². The SMILES string of the molecule is O=C(Nc1ccc(-c2cn[nH]n2)cc1)c1c(O)nc(CO)[nH]c1=O. The minimum Gasteiger partial charge on any atom is -0.493 e. The summed E-state index contributed by atoms with van der Waals surface area (Å²) in [5.41, 5.74) is 0.468. The molecule has 0 radical (unpaired) electrons. The summed E-state index contributed by atoms with van der Waals surface area (Å²) < 4.78 is 0. The molecule has 0 saturated heterocycles. The average molecular weight is 328 g/mol. The number of aliphatic hydroxyl groups excluding tert-OH is 1. The van der Waals surface area contributed by atoms with Crippen molar-refractivity contribution in [1.82, 2.24) is 25.4 Å². The number of hydrogen-bond acceptors (Lipinski definition) is 7. The third kappa shape index (κ3) is 2.98. The second kappa shape index (κ2) is 6.30. The molecule has 122 valence electrons. The monoisotopic (exact) mass is 328 g/mol. The van der Waals surface area contributed by atoms with Crippen molar-refractivity contribution >= 4 is 11.6 Å². The lowest BCUT2D eigenvalue weighted by molar-refractivity contribution is 0.102. The summed E-state index contributed by atoms with van der Waals surface area (Å²) in [4.78, 5) is 29.7. The highest BCUT2D eigenvalue weighted by Crippen LogP contribution is 2.19. The smallest absolute Gasteiger partial charge is 0.267 e. The summed E-state index contributed by atoms with van der Waals surface area (Å²) in [7, 11) is 0. The molecule has 0 bridgehead atoms. The van der Waals surface area contributed by atoms with Crippen LogP contribution in [0.1, 0.15) is 16.2 Å². The van der Waals surface area contributed by atoms with Crippen molar-refractivity contribution in [3.05, 3.63) is 52.2 Å². The molecule has 2 aromatic heterocycles. The zero-order chi connectivity index (χ0) is 17.1. The maximum Gasteiger partial charge on any atom is 0.267 e. The van der Waals surface area contributed by atoms with Gasteiger partial charge in [0.2, 0.25) is 5.88 Å². The van der Waals surface area contributed by atoms with Crippen molar-refractivity contribution in [2.75, 3.05) is 5.32 Å². The zero-order valence-electron chi connectivity index (χ0n) is 12.1.